The third-order valence-corrected chi connectivity index (χ3v) is 3.51. The van der Waals surface area contributed by atoms with E-state index in [4.69, 9.17) is 0 Å². The Kier molecular flexibility index (Phi) is 5.76. The summed E-state index contributed by atoms with van der Waals surface area (Å²) in [6.45, 7) is 4.15. The predicted octanol–water partition coefficient (Wildman–Crippen LogP) is 2.25. The van der Waals surface area contributed by atoms with Crippen molar-refractivity contribution in [2.75, 3.05) is 13.1 Å². The zero-order valence-electron chi connectivity index (χ0n) is 11.0. The van der Waals surface area contributed by atoms with Crippen molar-refractivity contribution < 1.29 is 9.18 Å². The van der Waals surface area contributed by atoms with Crippen LogP contribution < -0.4 is 10.6 Å². The van der Waals surface area contributed by atoms with Gasteiger partial charge in [0.05, 0.1) is 5.41 Å². The van der Waals surface area contributed by atoms with Gasteiger partial charge in [0.25, 0.3) is 0 Å². The Balaban J connectivity index is 0.00000180. The first-order valence-corrected chi connectivity index (χ1v) is 6.34. The number of carbonyl (C=O) groups is 1. The van der Waals surface area contributed by atoms with Gasteiger partial charge >= 0.3 is 0 Å². The molecular weight excluding hydrogens is 267 g/mol. The second-order valence-electron chi connectivity index (χ2n) is 5.15. The Morgan fingerprint density at radius 2 is 2.11 bits per heavy atom. The molecule has 0 saturated carbocycles. The molecule has 1 aromatic rings. The topological polar surface area (TPSA) is 41.1 Å². The van der Waals surface area contributed by atoms with E-state index in [1.54, 1.807) is 12.1 Å². The lowest BCUT2D eigenvalue weighted by molar-refractivity contribution is -0.131. The van der Waals surface area contributed by atoms with Gasteiger partial charge in [0.15, 0.2) is 0 Å². The molecule has 1 heterocycles. The molecule has 3 nitrogen and oxygen atoms in total. The molecule has 0 aromatic heterocycles. The molecule has 1 saturated heterocycles. The van der Waals surface area contributed by atoms with Crippen LogP contribution in [0.1, 0.15) is 25.3 Å². The molecule has 0 aliphatic carbocycles. The molecule has 1 atom stereocenters. The van der Waals surface area contributed by atoms with Crippen molar-refractivity contribution in [3.05, 3.63) is 35.6 Å². The van der Waals surface area contributed by atoms with Gasteiger partial charge in [0.1, 0.15) is 5.82 Å². The fraction of sp³-hybridized carbons (Fsp3) is 0.500. The number of piperidine rings is 1. The molecule has 0 bridgehead atoms. The highest BCUT2D eigenvalue weighted by molar-refractivity contribution is 5.85. The average molecular weight is 287 g/mol. The fourth-order valence-corrected chi connectivity index (χ4v) is 2.25. The van der Waals surface area contributed by atoms with Crippen LogP contribution in [0.5, 0.6) is 0 Å². The van der Waals surface area contributed by atoms with Gasteiger partial charge in [-0.15, -0.1) is 12.4 Å². The number of benzene rings is 1. The first-order chi connectivity index (χ1) is 8.60. The van der Waals surface area contributed by atoms with Gasteiger partial charge in [-0.25, -0.2) is 4.39 Å². The number of nitrogens with one attached hydrogen (secondary N) is 2. The first-order valence-electron chi connectivity index (χ1n) is 6.34. The summed E-state index contributed by atoms with van der Waals surface area (Å²) >= 11 is 0. The van der Waals surface area contributed by atoms with Crippen LogP contribution in [0.4, 0.5) is 4.39 Å². The lowest BCUT2D eigenvalue weighted by atomic mass is 9.82. The molecule has 5 heteroatoms. The number of carbonyl (C=O) groups excluding carboxylic acids is 1. The summed E-state index contributed by atoms with van der Waals surface area (Å²) in [6.07, 6.45) is 1.94. The SMILES string of the molecule is CC1(C(=O)NCc2ccc(F)cc2)CCCNC1.Cl. The average Bonchev–Trinajstić information content (AvgIpc) is 2.38. The van der Waals surface area contributed by atoms with E-state index in [0.717, 1.165) is 31.5 Å². The van der Waals surface area contributed by atoms with Gasteiger partial charge in [0.2, 0.25) is 5.91 Å². The smallest absolute Gasteiger partial charge is 0.227 e. The van der Waals surface area contributed by atoms with Crippen LogP contribution in [0.2, 0.25) is 0 Å². The van der Waals surface area contributed by atoms with Crippen LogP contribution in [-0.4, -0.2) is 19.0 Å². The van der Waals surface area contributed by atoms with Crippen LogP contribution >= 0.6 is 12.4 Å². The first kappa shape index (κ1) is 15.9. The Hall–Kier alpha value is -1.13. The standard InChI is InChI=1S/C14H19FN2O.ClH/c1-14(7-2-8-16-10-14)13(18)17-9-11-3-5-12(15)6-4-11;/h3-6,16H,2,7-10H2,1H3,(H,17,18);1H. The van der Waals surface area contributed by atoms with Gasteiger partial charge in [-0.2, -0.15) is 0 Å². The van der Waals surface area contributed by atoms with Crippen molar-refractivity contribution >= 4 is 18.3 Å². The highest BCUT2D eigenvalue weighted by Gasteiger charge is 2.34. The Morgan fingerprint density at radius 1 is 1.42 bits per heavy atom. The van der Waals surface area contributed by atoms with Gasteiger partial charge in [-0.1, -0.05) is 12.1 Å². The van der Waals surface area contributed by atoms with E-state index < -0.39 is 0 Å². The van der Waals surface area contributed by atoms with E-state index in [2.05, 4.69) is 10.6 Å². The summed E-state index contributed by atoms with van der Waals surface area (Å²) in [5.74, 6) is -0.187. The maximum Gasteiger partial charge on any atom is 0.227 e. The van der Waals surface area contributed by atoms with E-state index in [1.807, 2.05) is 6.92 Å². The fourth-order valence-electron chi connectivity index (χ4n) is 2.25. The molecule has 19 heavy (non-hydrogen) atoms. The largest absolute Gasteiger partial charge is 0.352 e. The quantitative estimate of drug-likeness (QED) is 0.895. The minimum absolute atomic E-state index is 0. The lowest BCUT2D eigenvalue weighted by Gasteiger charge is -2.32. The summed E-state index contributed by atoms with van der Waals surface area (Å²) in [6, 6.07) is 6.20. The predicted molar refractivity (Wildman–Crippen MR) is 75.7 cm³/mol. The third-order valence-electron chi connectivity index (χ3n) is 3.51. The molecule has 1 amide bonds. The van der Waals surface area contributed by atoms with Crippen LogP contribution in [0.25, 0.3) is 0 Å². The summed E-state index contributed by atoms with van der Waals surface area (Å²) in [5, 5.41) is 6.18. The molecule has 2 rings (SSSR count). The summed E-state index contributed by atoms with van der Waals surface area (Å²) in [4.78, 5) is 12.1. The van der Waals surface area contributed by atoms with E-state index in [-0.39, 0.29) is 29.5 Å². The van der Waals surface area contributed by atoms with Crippen molar-refractivity contribution in [2.45, 2.75) is 26.3 Å². The summed E-state index contributed by atoms with van der Waals surface area (Å²) < 4.78 is 12.7. The molecule has 1 unspecified atom stereocenters. The minimum Gasteiger partial charge on any atom is -0.352 e. The van der Waals surface area contributed by atoms with Crippen molar-refractivity contribution in [3.63, 3.8) is 0 Å². The Labute approximate surface area is 119 Å². The Morgan fingerprint density at radius 3 is 2.68 bits per heavy atom. The second-order valence-corrected chi connectivity index (χ2v) is 5.15. The zero-order chi connectivity index (χ0) is 13.0. The summed E-state index contributed by atoms with van der Waals surface area (Å²) in [5.41, 5.74) is 0.593. The van der Waals surface area contributed by atoms with Crippen LogP contribution in [0.3, 0.4) is 0 Å². The maximum absolute atomic E-state index is 12.7. The highest BCUT2D eigenvalue weighted by Crippen LogP contribution is 2.25. The normalized spacial score (nSPS) is 22.4. The van der Waals surface area contributed by atoms with E-state index in [9.17, 15) is 9.18 Å². The highest BCUT2D eigenvalue weighted by atomic mass is 35.5. The van der Waals surface area contributed by atoms with E-state index in [0.29, 0.717) is 6.54 Å². The third kappa shape index (κ3) is 4.18. The van der Waals surface area contributed by atoms with Crippen molar-refractivity contribution in [1.82, 2.24) is 10.6 Å². The van der Waals surface area contributed by atoms with Gasteiger partial charge < -0.3 is 10.6 Å². The molecule has 106 valence electrons. The molecule has 1 aliphatic rings. The summed E-state index contributed by atoms with van der Waals surface area (Å²) in [7, 11) is 0. The van der Waals surface area contributed by atoms with Gasteiger partial charge in [0, 0.05) is 13.1 Å². The molecular formula is C14H20ClFN2O. The monoisotopic (exact) mass is 286 g/mol. The second kappa shape index (κ2) is 6.87. The number of hydrogen-bond donors (Lipinski definition) is 2. The number of amides is 1. The van der Waals surface area contributed by atoms with Crippen LogP contribution in [0, 0.1) is 11.2 Å². The zero-order valence-corrected chi connectivity index (χ0v) is 11.9. The lowest BCUT2D eigenvalue weighted by Crippen LogP contribution is -2.48. The maximum atomic E-state index is 12.7. The number of rotatable bonds is 3. The molecule has 1 aromatic carbocycles. The van der Waals surface area contributed by atoms with Crippen molar-refractivity contribution in [1.29, 1.82) is 0 Å². The van der Waals surface area contributed by atoms with Crippen molar-refractivity contribution in [2.24, 2.45) is 5.41 Å². The molecule has 1 fully saturated rings. The molecule has 0 spiro atoms. The Bertz CT molecular complexity index is 416. The van der Waals surface area contributed by atoms with E-state index >= 15 is 0 Å². The molecule has 1 aliphatic heterocycles. The number of halogens is 2. The van der Waals surface area contributed by atoms with Crippen LogP contribution in [-0.2, 0) is 11.3 Å². The molecule has 2 N–H and O–H groups in total. The number of hydrogen-bond acceptors (Lipinski definition) is 2. The van der Waals surface area contributed by atoms with Crippen molar-refractivity contribution in [3.8, 4) is 0 Å². The van der Waals surface area contributed by atoms with Gasteiger partial charge in [-0.05, 0) is 44.0 Å². The van der Waals surface area contributed by atoms with Gasteiger partial charge in [-0.3, -0.25) is 4.79 Å². The molecule has 0 radical (unpaired) electrons. The van der Waals surface area contributed by atoms with E-state index in [1.165, 1.54) is 12.1 Å². The van der Waals surface area contributed by atoms with Crippen LogP contribution in [0.15, 0.2) is 24.3 Å². The minimum atomic E-state index is -0.321.